The van der Waals surface area contributed by atoms with Gasteiger partial charge in [0, 0.05) is 50.5 Å². The van der Waals surface area contributed by atoms with E-state index < -0.39 is 29.2 Å². The first-order valence-electron chi connectivity index (χ1n) is 14.2. The van der Waals surface area contributed by atoms with Crippen molar-refractivity contribution in [3.63, 3.8) is 0 Å². The van der Waals surface area contributed by atoms with Crippen molar-refractivity contribution >= 4 is 11.6 Å². The number of nitrogens with one attached hydrogen (secondary N) is 1. The Morgan fingerprint density at radius 3 is 2.62 bits per heavy atom. The Morgan fingerprint density at radius 1 is 1.19 bits per heavy atom. The lowest BCUT2D eigenvalue weighted by atomic mass is 9.74. The molecule has 0 bridgehead atoms. The molecule has 42 heavy (non-hydrogen) atoms. The number of aryl methyl sites for hydroxylation is 1. The first-order valence-corrected chi connectivity index (χ1v) is 14.2. The number of anilines is 1. The van der Waals surface area contributed by atoms with Crippen molar-refractivity contribution in [3.8, 4) is 0 Å². The van der Waals surface area contributed by atoms with E-state index in [1.54, 1.807) is 37.4 Å². The minimum Gasteiger partial charge on any atom is -0.379 e. The Hall–Kier alpha value is -3.35. The maximum Gasteiger partial charge on any atom is 0.416 e. The van der Waals surface area contributed by atoms with Crippen LogP contribution in [0.1, 0.15) is 58.5 Å². The van der Waals surface area contributed by atoms with Crippen LogP contribution in [0.5, 0.6) is 0 Å². The van der Waals surface area contributed by atoms with E-state index >= 15 is 4.39 Å². The normalized spacial score (nSPS) is 21.5. The number of aromatic nitrogens is 3. The largest absolute Gasteiger partial charge is 0.416 e. The van der Waals surface area contributed by atoms with Crippen LogP contribution in [0.15, 0.2) is 42.7 Å². The van der Waals surface area contributed by atoms with E-state index in [-0.39, 0.29) is 42.8 Å². The highest BCUT2D eigenvalue weighted by atomic mass is 19.4. The summed E-state index contributed by atoms with van der Waals surface area (Å²) >= 11 is 0. The van der Waals surface area contributed by atoms with Gasteiger partial charge in [0.05, 0.1) is 30.7 Å². The Bertz CT molecular complexity index is 1480. The molecule has 2 saturated heterocycles. The minimum absolute atomic E-state index is 0.0356. The van der Waals surface area contributed by atoms with Crippen LogP contribution in [0.3, 0.4) is 0 Å². The second-order valence-corrected chi connectivity index (χ2v) is 11.9. The molecule has 6 rings (SSSR count). The number of ether oxygens (including phenoxy) is 1. The van der Waals surface area contributed by atoms with Gasteiger partial charge in [0.2, 0.25) is 0 Å². The maximum absolute atomic E-state index is 15.9. The van der Waals surface area contributed by atoms with E-state index in [0.29, 0.717) is 35.8 Å². The lowest BCUT2D eigenvalue weighted by Gasteiger charge is -2.43. The van der Waals surface area contributed by atoms with Gasteiger partial charge in [-0.15, -0.1) is 10.2 Å². The summed E-state index contributed by atoms with van der Waals surface area (Å²) in [6.07, 6.45) is -4.73. The van der Waals surface area contributed by atoms with Gasteiger partial charge in [-0.05, 0) is 46.9 Å². The van der Waals surface area contributed by atoms with E-state index in [1.165, 1.54) is 21.9 Å². The van der Waals surface area contributed by atoms with Crippen molar-refractivity contribution in [1.29, 1.82) is 0 Å². The van der Waals surface area contributed by atoms with Crippen LogP contribution in [0, 0.1) is 5.92 Å². The molecule has 4 heterocycles. The molecule has 224 valence electrons. The number of hydrogen-bond acceptors (Lipinski definition) is 6. The number of benzene rings is 2. The van der Waals surface area contributed by atoms with Crippen molar-refractivity contribution in [2.75, 3.05) is 37.7 Å². The Labute approximate surface area is 241 Å². The average molecular weight is 587 g/mol. The number of halogens is 4. The van der Waals surface area contributed by atoms with Crippen LogP contribution in [-0.4, -0.2) is 64.5 Å². The number of carbonyl (C=O) groups is 1. The third-order valence-electron chi connectivity index (χ3n) is 8.87. The third kappa shape index (κ3) is 4.88. The zero-order chi connectivity index (χ0) is 29.8. The highest BCUT2D eigenvalue weighted by molar-refractivity contribution is 6.10. The number of nitrogens with zero attached hydrogens (tertiary/aromatic N) is 5. The van der Waals surface area contributed by atoms with Gasteiger partial charge in [-0.3, -0.25) is 9.69 Å². The molecule has 0 spiro atoms. The van der Waals surface area contributed by atoms with E-state index in [9.17, 15) is 18.0 Å². The van der Waals surface area contributed by atoms with Crippen LogP contribution in [-0.2, 0) is 36.5 Å². The summed E-state index contributed by atoms with van der Waals surface area (Å²) < 4.78 is 65.9. The number of fused-ring (bicyclic) bond motifs is 1. The number of rotatable bonds is 7. The average Bonchev–Trinajstić information content (AvgIpc) is 3.50. The summed E-state index contributed by atoms with van der Waals surface area (Å²) in [4.78, 5) is 17.3. The Kier molecular flexibility index (Phi) is 7.35. The van der Waals surface area contributed by atoms with Crippen LogP contribution in [0.4, 0.5) is 23.2 Å². The second-order valence-electron chi connectivity index (χ2n) is 11.9. The summed E-state index contributed by atoms with van der Waals surface area (Å²) in [6.45, 7) is 6.74. The molecule has 0 saturated carbocycles. The zero-order valence-corrected chi connectivity index (χ0v) is 23.8. The molecule has 1 N–H and O–H groups in total. The van der Waals surface area contributed by atoms with E-state index in [1.807, 2.05) is 0 Å². The molecule has 3 aliphatic heterocycles. The first-order chi connectivity index (χ1) is 20.0. The molecule has 0 unspecified atom stereocenters. The van der Waals surface area contributed by atoms with Crippen LogP contribution in [0.2, 0.25) is 0 Å². The van der Waals surface area contributed by atoms with Crippen LogP contribution in [0.25, 0.3) is 0 Å². The third-order valence-corrected chi connectivity index (χ3v) is 8.87. The van der Waals surface area contributed by atoms with Gasteiger partial charge in [-0.25, -0.2) is 4.39 Å². The van der Waals surface area contributed by atoms with Gasteiger partial charge in [0.25, 0.3) is 5.91 Å². The Morgan fingerprint density at radius 2 is 1.98 bits per heavy atom. The molecule has 3 aliphatic rings. The van der Waals surface area contributed by atoms with Gasteiger partial charge in [-0.2, -0.15) is 13.2 Å². The predicted molar refractivity (Wildman–Crippen MR) is 148 cm³/mol. The Balaban J connectivity index is 1.33. The number of piperazine rings is 1. The van der Waals surface area contributed by atoms with Crippen molar-refractivity contribution < 1.29 is 27.1 Å². The highest BCUT2D eigenvalue weighted by Crippen LogP contribution is 2.47. The van der Waals surface area contributed by atoms with Crippen LogP contribution < -0.4 is 10.2 Å². The van der Waals surface area contributed by atoms with Gasteiger partial charge < -0.3 is 19.5 Å². The quantitative estimate of drug-likeness (QED) is 0.414. The smallest absolute Gasteiger partial charge is 0.379 e. The summed E-state index contributed by atoms with van der Waals surface area (Å²) in [6, 6.07) is 9.77. The van der Waals surface area contributed by atoms with E-state index in [0.717, 1.165) is 13.1 Å². The van der Waals surface area contributed by atoms with Gasteiger partial charge in [-0.1, -0.05) is 26.0 Å². The lowest BCUT2D eigenvalue weighted by molar-refractivity contribution is -0.138. The summed E-state index contributed by atoms with van der Waals surface area (Å²) in [7, 11) is 1.66. The molecule has 2 aromatic carbocycles. The van der Waals surface area contributed by atoms with Crippen LogP contribution >= 0.6 is 0 Å². The fourth-order valence-corrected chi connectivity index (χ4v) is 6.41. The molecule has 1 amide bonds. The summed E-state index contributed by atoms with van der Waals surface area (Å²) in [5.74, 6) is -0.0280. The van der Waals surface area contributed by atoms with Crippen molar-refractivity contribution in [2.45, 2.75) is 50.7 Å². The molecule has 2 atom stereocenters. The second kappa shape index (κ2) is 10.7. The lowest BCUT2D eigenvalue weighted by Crippen LogP contribution is -2.53. The molecule has 0 radical (unpaired) electrons. The van der Waals surface area contributed by atoms with Gasteiger partial charge in [0.1, 0.15) is 6.33 Å². The van der Waals surface area contributed by atoms with Crippen molar-refractivity contribution in [3.05, 3.63) is 76.4 Å². The number of amides is 1. The van der Waals surface area contributed by atoms with Crippen molar-refractivity contribution in [2.24, 2.45) is 13.0 Å². The number of hydrogen-bond donors (Lipinski definition) is 1. The van der Waals surface area contributed by atoms with Crippen molar-refractivity contribution in [1.82, 2.24) is 25.0 Å². The van der Waals surface area contributed by atoms with E-state index in [2.05, 4.69) is 34.3 Å². The maximum atomic E-state index is 15.9. The molecule has 3 aromatic rings. The SMILES string of the molecule is CC(C)[C@H]1CNCCN1Cc1cc2c(c(C(F)(F)F)c1)CN(c1cccc(C3([C@@H](F)c4nncn4C)COC3)c1)C2=O. The molecular formula is C30H34F4N6O2. The molecule has 1 aromatic heterocycles. The minimum atomic E-state index is -4.62. The molecule has 0 aliphatic carbocycles. The van der Waals surface area contributed by atoms with E-state index in [4.69, 9.17) is 4.74 Å². The molecule has 2 fully saturated rings. The predicted octanol–water partition coefficient (Wildman–Crippen LogP) is 4.40. The first kappa shape index (κ1) is 28.8. The fourth-order valence-electron chi connectivity index (χ4n) is 6.41. The molecular weight excluding hydrogens is 552 g/mol. The summed E-state index contributed by atoms with van der Waals surface area (Å²) in [5, 5.41) is 11.1. The monoisotopic (exact) mass is 586 g/mol. The number of alkyl halides is 4. The number of carbonyl (C=O) groups excluding carboxylic acids is 1. The summed E-state index contributed by atoms with van der Waals surface area (Å²) in [5.41, 5.74) is -0.354. The molecule has 12 heteroatoms. The van der Waals surface area contributed by atoms with Gasteiger partial charge >= 0.3 is 6.18 Å². The standard InChI is InChI=1S/C30H34F4N6O2/c1-18(2)25-12-35-7-8-39(25)13-19-9-22-23(24(10-19)30(32,33)34)14-40(28(22)41)21-6-4-5-20(11-21)29(15-42-16-29)26(31)27-37-36-17-38(27)3/h4-6,9-11,17-18,25-26,35H,7-8,12-16H2,1-3H3/t25-,26+/m1/s1. The fraction of sp³-hybridized carbons (Fsp3) is 0.500. The highest BCUT2D eigenvalue weighted by Gasteiger charge is 2.51. The van der Waals surface area contributed by atoms with Gasteiger partial charge in [0.15, 0.2) is 12.0 Å². The molecule has 8 nitrogen and oxygen atoms in total. The topological polar surface area (TPSA) is 75.5 Å². The zero-order valence-electron chi connectivity index (χ0n) is 23.8.